The molecule has 0 unspecified atom stereocenters. The molecule has 0 spiro atoms. The largest absolute Gasteiger partial charge is 0.493 e. The first kappa shape index (κ1) is 37.3. The van der Waals surface area contributed by atoms with E-state index in [4.69, 9.17) is 37.9 Å². The lowest BCUT2D eigenvalue weighted by Crippen LogP contribution is -2.61. The van der Waals surface area contributed by atoms with Crippen molar-refractivity contribution < 1.29 is 14.3 Å². The fraction of sp³-hybridized carbons (Fsp3) is 0.366. The summed E-state index contributed by atoms with van der Waals surface area (Å²) in [5.74, 6) is 0.969. The average Bonchev–Trinajstić information content (AvgIpc) is 3.36. The van der Waals surface area contributed by atoms with Gasteiger partial charge in [-0.3, -0.25) is 24.6 Å². The van der Waals surface area contributed by atoms with Crippen LogP contribution >= 0.6 is 23.2 Å². The van der Waals surface area contributed by atoms with Crippen molar-refractivity contribution in [2.24, 2.45) is 4.99 Å². The molecule has 52 heavy (non-hydrogen) atoms. The van der Waals surface area contributed by atoms with Crippen molar-refractivity contribution >= 4 is 46.7 Å². The minimum Gasteiger partial charge on any atom is -0.493 e. The average molecular weight is 742 g/mol. The normalized spacial score (nSPS) is 20.8. The molecule has 1 N–H and O–H groups in total. The summed E-state index contributed by atoms with van der Waals surface area (Å²) in [5, 5.41) is 4.15. The van der Waals surface area contributed by atoms with Gasteiger partial charge in [0, 0.05) is 65.3 Å². The third kappa shape index (κ3) is 7.27. The fourth-order valence-electron chi connectivity index (χ4n) is 7.02. The Morgan fingerprint density at radius 1 is 0.865 bits per heavy atom. The number of carbonyl (C=O) groups excluding carboxylic acids is 2. The zero-order valence-corrected chi connectivity index (χ0v) is 32.1. The van der Waals surface area contributed by atoms with Crippen molar-refractivity contribution in [3.63, 3.8) is 0 Å². The molecule has 0 radical (unpaired) electrons. The molecule has 0 aliphatic carbocycles. The molecule has 0 saturated carbocycles. The molecule has 1 saturated heterocycles. The number of pyridine rings is 1. The van der Waals surface area contributed by atoms with Crippen LogP contribution in [0.5, 0.6) is 5.75 Å². The van der Waals surface area contributed by atoms with Gasteiger partial charge in [-0.05, 0) is 68.3 Å². The van der Waals surface area contributed by atoms with E-state index in [1.807, 2.05) is 102 Å². The van der Waals surface area contributed by atoms with Crippen LogP contribution < -0.4 is 10.1 Å². The molecule has 1 aromatic heterocycles. The molecule has 2 atom stereocenters. The van der Waals surface area contributed by atoms with Crippen molar-refractivity contribution in [2.45, 2.75) is 58.0 Å². The summed E-state index contributed by atoms with van der Waals surface area (Å²) in [6, 6.07) is 26.4. The van der Waals surface area contributed by atoms with Gasteiger partial charge in [0.05, 0.1) is 18.7 Å². The smallest absolute Gasteiger partial charge is 0.326 e. The van der Waals surface area contributed by atoms with Gasteiger partial charge >= 0.3 is 6.03 Å². The Morgan fingerprint density at radius 3 is 2.04 bits per heavy atom. The van der Waals surface area contributed by atoms with Gasteiger partial charge < -0.3 is 15.0 Å². The molecule has 0 bridgehead atoms. The molecular formula is C41H46Cl2N6O3. The van der Waals surface area contributed by atoms with Gasteiger partial charge in [0.2, 0.25) is 5.91 Å². The van der Waals surface area contributed by atoms with Gasteiger partial charge in [0.15, 0.2) is 0 Å². The molecule has 3 heterocycles. The number of ether oxygens (including phenoxy) is 1. The topological polar surface area (TPSA) is 90.4 Å². The van der Waals surface area contributed by atoms with Crippen LogP contribution in [0.25, 0.3) is 0 Å². The number of para-hydroxylation sites is 1. The summed E-state index contributed by atoms with van der Waals surface area (Å²) < 4.78 is 6.28. The maximum Gasteiger partial charge on any atom is 0.326 e. The van der Waals surface area contributed by atoms with E-state index in [0.717, 1.165) is 22.5 Å². The number of benzene rings is 3. The molecular weight excluding hydrogens is 695 g/mol. The summed E-state index contributed by atoms with van der Waals surface area (Å²) in [6.07, 6.45) is 1.78. The number of amides is 3. The molecule has 9 nitrogen and oxygen atoms in total. The summed E-state index contributed by atoms with van der Waals surface area (Å²) >= 11 is 12.8. The van der Waals surface area contributed by atoms with Gasteiger partial charge in [-0.15, -0.1) is 0 Å². The van der Waals surface area contributed by atoms with E-state index in [0.29, 0.717) is 60.0 Å². The SMILES string of the molecule is CCOc1cc(C(C)(C)C)ncc1C1=N[C@@](C)(c2ccc(Cl)cc2)[C@@](C)(c2ccc(Cl)cc2)N1C(=O)N1CCN(CC(=O)Nc2ccccc2)CC1. The number of carbonyl (C=O) groups is 2. The lowest BCUT2D eigenvalue weighted by molar-refractivity contribution is -0.117. The van der Waals surface area contributed by atoms with E-state index in [-0.39, 0.29) is 23.9 Å². The fourth-order valence-corrected chi connectivity index (χ4v) is 7.27. The highest BCUT2D eigenvalue weighted by atomic mass is 35.5. The monoisotopic (exact) mass is 740 g/mol. The maximum absolute atomic E-state index is 15.2. The van der Waals surface area contributed by atoms with Crippen molar-refractivity contribution in [1.82, 2.24) is 19.7 Å². The van der Waals surface area contributed by atoms with E-state index in [2.05, 4.69) is 44.8 Å². The molecule has 1 fully saturated rings. The predicted octanol–water partition coefficient (Wildman–Crippen LogP) is 8.35. The van der Waals surface area contributed by atoms with E-state index in [1.165, 1.54) is 0 Å². The van der Waals surface area contributed by atoms with E-state index < -0.39 is 11.1 Å². The summed E-state index contributed by atoms with van der Waals surface area (Å²) in [5.41, 5.74) is 1.72. The van der Waals surface area contributed by atoms with Crippen molar-refractivity contribution in [1.29, 1.82) is 0 Å². The first-order valence-corrected chi connectivity index (χ1v) is 18.4. The zero-order chi connectivity index (χ0) is 37.3. The van der Waals surface area contributed by atoms with Gasteiger partial charge in [0.1, 0.15) is 22.7 Å². The number of rotatable bonds is 8. The van der Waals surface area contributed by atoms with E-state index in [9.17, 15) is 4.79 Å². The number of nitrogens with zero attached hydrogens (tertiary/aromatic N) is 5. The summed E-state index contributed by atoms with van der Waals surface area (Å²) in [7, 11) is 0. The van der Waals surface area contributed by atoms with Crippen LogP contribution in [-0.2, 0) is 21.3 Å². The Balaban J connectivity index is 1.42. The highest BCUT2D eigenvalue weighted by Crippen LogP contribution is 2.54. The second-order valence-electron chi connectivity index (χ2n) is 14.6. The number of hydrogen-bond acceptors (Lipinski definition) is 6. The van der Waals surface area contributed by atoms with E-state index >= 15 is 4.79 Å². The number of hydrogen-bond donors (Lipinski definition) is 1. The quantitative estimate of drug-likeness (QED) is 0.196. The third-order valence-electron chi connectivity index (χ3n) is 10.2. The van der Waals surface area contributed by atoms with Crippen molar-refractivity contribution in [3.05, 3.63) is 124 Å². The molecule has 3 amide bonds. The molecule has 2 aliphatic heterocycles. The standard InChI is InChI=1S/C41H46Cl2N6O3/c1-7-52-34-25-35(39(2,3)4)44-26-33(34)37-46-40(5,28-13-17-30(42)18-14-28)41(6,29-15-19-31(43)20-16-29)49(37)38(51)48-23-21-47(22-24-48)27-36(50)45-32-11-9-8-10-12-32/h8-20,25-26H,7,21-24,27H2,1-6H3,(H,45,50)/t40-,41+/m0/s1. The van der Waals surface area contributed by atoms with Crippen molar-refractivity contribution in [2.75, 3.05) is 44.6 Å². The van der Waals surface area contributed by atoms with Crippen LogP contribution in [-0.4, -0.2) is 76.8 Å². The van der Waals surface area contributed by atoms with Crippen molar-refractivity contribution in [3.8, 4) is 5.75 Å². The highest BCUT2D eigenvalue weighted by molar-refractivity contribution is 6.30. The van der Waals surface area contributed by atoms with Gasteiger partial charge in [-0.1, -0.05) is 86.4 Å². The predicted molar refractivity (Wildman–Crippen MR) is 209 cm³/mol. The molecule has 11 heteroatoms. The number of aromatic nitrogens is 1. The number of halogens is 2. The van der Waals surface area contributed by atoms with Crippen LogP contribution in [0.15, 0.2) is 96.1 Å². The van der Waals surface area contributed by atoms with Gasteiger partial charge in [-0.25, -0.2) is 4.79 Å². The Morgan fingerprint density at radius 2 is 1.46 bits per heavy atom. The third-order valence-corrected chi connectivity index (χ3v) is 10.7. The van der Waals surface area contributed by atoms with Crippen LogP contribution in [0.2, 0.25) is 10.0 Å². The Labute approximate surface area is 316 Å². The Bertz CT molecular complexity index is 1940. The number of aliphatic imine (C=N–C) groups is 1. The van der Waals surface area contributed by atoms with Gasteiger partial charge in [-0.2, -0.15) is 0 Å². The minimum absolute atomic E-state index is 0.0939. The number of amidine groups is 1. The number of nitrogens with one attached hydrogen (secondary N) is 1. The molecule has 272 valence electrons. The van der Waals surface area contributed by atoms with E-state index in [1.54, 1.807) is 6.20 Å². The lowest BCUT2D eigenvalue weighted by Gasteiger charge is -2.47. The Hall–Kier alpha value is -4.44. The van der Waals surface area contributed by atoms with Crippen LogP contribution in [0.4, 0.5) is 10.5 Å². The van der Waals surface area contributed by atoms with Crippen LogP contribution in [0.3, 0.4) is 0 Å². The first-order valence-electron chi connectivity index (χ1n) is 17.7. The second-order valence-corrected chi connectivity index (χ2v) is 15.5. The molecule has 6 rings (SSSR count). The number of urea groups is 1. The summed E-state index contributed by atoms with van der Waals surface area (Å²) in [6.45, 7) is 14.9. The lowest BCUT2D eigenvalue weighted by atomic mass is 9.71. The molecule has 4 aromatic rings. The zero-order valence-electron chi connectivity index (χ0n) is 30.6. The molecule has 2 aliphatic rings. The van der Waals surface area contributed by atoms with Crippen LogP contribution in [0, 0.1) is 0 Å². The highest BCUT2D eigenvalue weighted by Gasteiger charge is 2.60. The number of anilines is 1. The Kier molecular flexibility index (Phi) is 10.7. The minimum atomic E-state index is -1.04. The summed E-state index contributed by atoms with van der Waals surface area (Å²) in [4.78, 5) is 44.2. The van der Waals surface area contributed by atoms with Gasteiger partial charge in [0.25, 0.3) is 0 Å². The first-order chi connectivity index (χ1) is 24.7. The second kappa shape index (κ2) is 14.9. The van der Waals surface area contributed by atoms with Crippen LogP contribution in [0.1, 0.15) is 63.9 Å². The maximum atomic E-state index is 15.2. The number of piperazine rings is 1. The molecule has 3 aromatic carbocycles.